The Morgan fingerprint density at radius 1 is 1.25 bits per heavy atom. The lowest BCUT2D eigenvalue weighted by Gasteiger charge is -2.03. The van der Waals surface area contributed by atoms with Gasteiger partial charge in [0.2, 0.25) is 5.91 Å². The van der Waals surface area contributed by atoms with Crippen LogP contribution in [0, 0.1) is 0 Å². The molecule has 2 heterocycles. The van der Waals surface area contributed by atoms with Crippen molar-refractivity contribution in [1.29, 1.82) is 0 Å². The van der Waals surface area contributed by atoms with Crippen molar-refractivity contribution in [3.8, 4) is 0 Å². The smallest absolute Gasteiger partial charge is 0.328 e. The Labute approximate surface area is 124 Å². The minimum Gasteiger partial charge on any atom is -0.478 e. The van der Waals surface area contributed by atoms with Crippen molar-refractivity contribution in [2.75, 3.05) is 0 Å². The average Bonchev–Trinajstić information content (AvgIpc) is 3.04. The van der Waals surface area contributed by atoms with Crippen molar-refractivity contribution in [2.45, 2.75) is 13.0 Å². The van der Waals surface area contributed by atoms with Crippen LogP contribution in [0.25, 0.3) is 6.08 Å². The summed E-state index contributed by atoms with van der Waals surface area (Å²) in [6, 6.07) is 5.68. The lowest BCUT2D eigenvalue weighted by molar-refractivity contribution is -0.131. The minimum absolute atomic E-state index is 0.0333. The zero-order valence-corrected chi connectivity index (χ0v) is 12.2. The number of amides is 1. The van der Waals surface area contributed by atoms with Gasteiger partial charge in [-0.3, -0.25) is 4.79 Å². The van der Waals surface area contributed by atoms with Gasteiger partial charge in [0.15, 0.2) is 0 Å². The molecule has 0 aliphatic carbocycles. The van der Waals surface area contributed by atoms with E-state index < -0.39 is 5.97 Å². The van der Waals surface area contributed by atoms with Crippen LogP contribution in [-0.4, -0.2) is 17.0 Å². The maximum absolute atomic E-state index is 11.8. The van der Waals surface area contributed by atoms with Crippen LogP contribution in [0.1, 0.15) is 15.3 Å². The molecule has 104 valence electrons. The first-order chi connectivity index (χ1) is 9.65. The fourth-order valence-corrected chi connectivity index (χ4v) is 3.13. The Balaban J connectivity index is 1.89. The van der Waals surface area contributed by atoms with Crippen molar-refractivity contribution in [3.05, 3.63) is 50.4 Å². The van der Waals surface area contributed by atoms with Gasteiger partial charge >= 0.3 is 5.97 Å². The summed E-state index contributed by atoms with van der Waals surface area (Å²) in [4.78, 5) is 24.2. The van der Waals surface area contributed by atoms with Crippen molar-refractivity contribution < 1.29 is 14.7 Å². The van der Waals surface area contributed by atoms with Gasteiger partial charge in [-0.05, 0) is 34.5 Å². The highest BCUT2D eigenvalue weighted by Gasteiger charge is 2.06. The average molecular weight is 307 g/mol. The molecule has 0 aromatic carbocycles. The molecule has 0 atom stereocenters. The molecule has 20 heavy (non-hydrogen) atoms. The third kappa shape index (κ3) is 4.32. The van der Waals surface area contributed by atoms with Crippen LogP contribution in [0.2, 0.25) is 0 Å². The van der Waals surface area contributed by atoms with E-state index in [1.165, 1.54) is 11.3 Å². The number of carboxylic acid groups (broad SMARTS) is 1. The molecule has 2 aromatic rings. The second-order valence-electron chi connectivity index (χ2n) is 4.00. The first-order valence-electron chi connectivity index (χ1n) is 5.91. The molecule has 0 unspecified atom stereocenters. The molecule has 4 nitrogen and oxygen atoms in total. The third-order valence-corrected chi connectivity index (χ3v) is 4.36. The largest absolute Gasteiger partial charge is 0.478 e. The lowest BCUT2D eigenvalue weighted by atomic mass is 10.2. The summed E-state index contributed by atoms with van der Waals surface area (Å²) in [5, 5.41) is 15.3. The van der Waals surface area contributed by atoms with Gasteiger partial charge in [0, 0.05) is 15.8 Å². The molecule has 0 bridgehead atoms. The van der Waals surface area contributed by atoms with Gasteiger partial charge in [-0.25, -0.2) is 4.79 Å². The number of carbonyl (C=O) groups is 2. The quantitative estimate of drug-likeness (QED) is 0.806. The fraction of sp³-hybridized carbons (Fsp3) is 0.143. The molecule has 0 saturated carbocycles. The second kappa shape index (κ2) is 7.02. The summed E-state index contributed by atoms with van der Waals surface area (Å²) in [7, 11) is 0. The molecule has 0 aliphatic rings. The van der Waals surface area contributed by atoms with E-state index in [1.54, 1.807) is 17.4 Å². The minimum atomic E-state index is -0.983. The Morgan fingerprint density at radius 2 is 2.10 bits per heavy atom. The monoisotopic (exact) mass is 307 g/mol. The van der Waals surface area contributed by atoms with Gasteiger partial charge in [-0.2, -0.15) is 0 Å². The summed E-state index contributed by atoms with van der Waals surface area (Å²) in [5.74, 6) is -1.02. The number of hydrogen-bond acceptors (Lipinski definition) is 4. The molecular weight excluding hydrogens is 294 g/mol. The predicted octanol–water partition coefficient (Wildman–Crippen LogP) is 2.77. The summed E-state index contributed by atoms with van der Waals surface area (Å²) in [6.07, 6.45) is 3.02. The Hall–Kier alpha value is -1.92. The van der Waals surface area contributed by atoms with E-state index in [2.05, 4.69) is 5.32 Å². The van der Waals surface area contributed by atoms with Crippen molar-refractivity contribution >= 4 is 40.6 Å². The van der Waals surface area contributed by atoms with Crippen molar-refractivity contribution in [1.82, 2.24) is 5.32 Å². The van der Waals surface area contributed by atoms with Crippen LogP contribution in [0.4, 0.5) is 0 Å². The highest BCUT2D eigenvalue weighted by atomic mass is 32.1. The molecule has 2 N–H and O–H groups in total. The van der Waals surface area contributed by atoms with E-state index >= 15 is 0 Å². The highest BCUT2D eigenvalue weighted by molar-refractivity contribution is 7.10. The number of carboxylic acids is 1. The van der Waals surface area contributed by atoms with Gasteiger partial charge in [-0.15, -0.1) is 22.7 Å². The standard InChI is InChI=1S/C14H13NO3S2/c16-13(8-11-2-1-6-19-11)15-9-12-10(5-7-20-12)3-4-14(17)18/h1-7H,8-9H2,(H,15,16)(H,17,18)/b4-3+. The Bertz CT molecular complexity index is 614. The topological polar surface area (TPSA) is 66.4 Å². The van der Waals surface area contributed by atoms with E-state index in [4.69, 9.17) is 5.11 Å². The van der Waals surface area contributed by atoms with Crippen LogP contribution in [0.3, 0.4) is 0 Å². The molecule has 0 saturated heterocycles. The van der Waals surface area contributed by atoms with Gasteiger partial charge in [0.1, 0.15) is 0 Å². The first kappa shape index (κ1) is 14.5. The fourth-order valence-electron chi connectivity index (χ4n) is 1.62. The summed E-state index contributed by atoms with van der Waals surface area (Å²) in [5.41, 5.74) is 0.828. The van der Waals surface area contributed by atoms with Crippen LogP contribution >= 0.6 is 22.7 Å². The van der Waals surface area contributed by atoms with Crippen LogP contribution in [0.15, 0.2) is 35.0 Å². The molecule has 1 amide bonds. The first-order valence-corrected chi connectivity index (χ1v) is 7.67. The van der Waals surface area contributed by atoms with Gasteiger partial charge in [0.25, 0.3) is 0 Å². The molecule has 0 radical (unpaired) electrons. The summed E-state index contributed by atoms with van der Waals surface area (Å²) < 4.78 is 0. The molecule has 2 aromatic heterocycles. The highest BCUT2D eigenvalue weighted by Crippen LogP contribution is 2.18. The van der Waals surface area contributed by atoms with Crippen LogP contribution in [-0.2, 0) is 22.6 Å². The van der Waals surface area contributed by atoms with E-state index in [0.29, 0.717) is 13.0 Å². The Kier molecular flexibility index (Phi) is 5.09. The lowest BCUT2D eigenvalue weighted by Crippen LogP contribution is -2.24. The predicted molar refractivity (Wildman–Crippen MR) is 80.9 cm³/mol. The van der Waals surface area contributed by atoms with Crippen molar-refractivity contribution in [3.63, 3.8) is 0 Å². The van der Waals surface area contributed by atoms with Crippen LogP contribution in [0.5, 0.6) is 0 Å². The normalized spacial score (nSPS) is 10.8. The van der Waals surface area contributed by atoms with Gasteiger partial charge < -0.3 is 10.4 Å². The molecule has 0 spiro atoms. The molecule has 6 heteroatoms. The van der Waals surface area contributed by atoms with E-state index in [1.807, 2.05) is 29.0 Å². The number of thiophene rings is 2. The zero-order valence-electron chi connectivity index (χ0n) is 10.5. The zero-order chi connectivity index (χ0) is 14.4. The SMILES string of the molecule is O=C(O)/C=C/c1ccsc1CNC(=O)Cc1cccs1. The molecule has 0 aliphatic heterocycles. The van der Waals surface area contributed by atoms with E-state index in [-0.39, 0.29) is 5.91 Å². The number of hydrogen-bond donors (Lipinski definition) is 2. The number of aliphatic carboxylic acids is 1. The summed E-state index contributed by atoms with van der Waals surface area (Å²) in [6.45, 7) is 0.418. The number of carbonyl (C=O) groups excluding carboxylic acids is 1. The maximum atomic E-state index is 11.8. The molecule has 0 fully saturated rings. The molecule has 2 rings (SSSR count). The van der Waals surface area contributed by atoms with Crippen LogP contribution < -0.4 is 5.32 Å². The van der Waals surface area contributed by atoms with Gasteiger partial charge in [-0.1, -0.05) is 6.07 Å². The number of rotatable bonds is 6. The number of nitrogens with one attached hydrogen (secondary N) is 1. The summed E-state index contributed by atoms with van der Waals surface area (Å²) >= 11 is 3.05. The van der Waals surface area contributed by atoms with E-state index in [0.717, 1.165) is 21.4 Å². The van der Waals surface area contributed by atoms with Gasteiger partial charge in [0.05, 0.1) is 13.0 Å². The third-order valence-electron chi connectivity index (χ3n) is 2.55. The maximum Gasteiger partial charge on any atom is 0.328 e. The Morgan fingerprint density at radius 3 is 2.80 bits per heavy atom. The molecular formula is C14H13NO3S2. The second-order valence-corrected chi connectivity index (χ2v) is 6.04. The van der Waals surface area contributed by atoms with Crippen molar-refractivity contribution in [2.24, 2.45) is 0 Å². The van der Waals surface area contributed by atoms with E-state index in [9.17, 15) is 9.59 Å².